The molecule has 0 aliphatic heterocycles. The summed E-state index contributed by atoms with van der Waals surface area (Å²) >= 11 is 0. The lowest BCUT2D eigenvalue weighted by atomic mass is 10.1. The Morgan fingerprint density at radius 2 is 2.11 bits per heavy atom. The Labute approximate surface area is 107 Å². The maximum absolute atomic E-state index is 11.1. The highest BCUT2D eigenvalue weighted by Crippen LogP contribution is 2.32. The second-order valence-electron chi connectivity index (χ2n) is 4.74. The van der Waals surface area contributed by atoms with Crippen LogP contribution in [-0.2, 0) is 22.7 Å². The molecule has 0 heterocycles. The number of methoxy groups -OCH3 is 1. The van der Waals surface area contributed by atoms with Gasteiger partial charge in [0.25, 0.3) is 0 Å². The fourth-order valence-corrected chi connectivity index (χ4v) is 2.13. The molecule has 1 atom stereocenters. The van der Waals surface area contributed by atoms with E-state index in [2.05, 4.69) is 5.32 Å². The Balaban J connectivity index is 1.98. The van der Waals surface area contributed by atoms with Crippen LogP contribution in [0, 0.1) is 5.92 Å². The predicted octanol–water partition coefficient (Wildman–Crippen LogP) is 1.79. The molecule has 4 nitrogen and oxygen atoms in total. The van der Waals surface area contributed by atoms with Gasteiger partial charge in [-0.3, -0.25) is 4.79 Å². The third kappa shape index (κ3) is 3.31. The third-order valence-corrected chi connectivity index (χ3v) is 3.29. The van der Waals surface area contributed by atoms with Gasteiger partial charge in [-0.1, -0.05) is 24.3 Å². The Morgan fingerprint density at radius 3 is 2.67 bits per heavy atom. The van der Waals surface area contributed by atoms with Crippen LogP contribution in [0.25, 0.3) is 0 Å². The molecule has 0 saturated heterocycles. The minimum absolute atomic E-state index is 0.303. The number of benzene rings is 1. The lowest BCUT2D eigenvalue weighted by Gasteiger charge is -2.15. The Hall–Kier alpha value is -1.39. The van der Waals surface area contributed by atoms with Crippen molar-refractivity contribution >= 4 is 5.97 Å². The first-order valence-corrected chi connectivity index (χ1v) is 6.24. The highest BCUT2D eigenvalue weighted by atomic mass is 16.5. The van der Waals surface area contributed by atoms with Crippen LogP contribution >= 0.6 is 0 Å². The average molecular weight is 249 g/mol. The molecule has 98 valence electrons. The molecule has 4 heteroatoms. The molecule has 0 amide bonds. The van der Waals surface area contributed by atoms with Gasteiger partial charge in [0.05, 0.1) is 6.61 Å². The third-order valence-electron chi connectivity index (χ3n) is 3.29. The van der Waals surface area contributed by atoms with Crippen molar-refractivity contribution in [1.82, 2.24) is 5.32 Å². The van der Waals surface area contributed by atoms with E-state index in [9.17, 15) is 4.79 Å². The number of hydrogen-bond acceptors (Lipinski definition) is 3. The molecule has 2 N–H and O–H groups in total. The van der Waals surface area contributed by atoms with E-state index in [1.807, 2.05) is 24.3 Å². The molecule has 1 unspecified atom stereocenters. The summed E-state index contributed by atoms with van der Waals surface area (Å²) in [5.74, 6) is -0.446. The van der Waals surface area contributed by atoms with Crippen molar-refractivity contribution < 1.29 is 14.6 Å². The van der Waals surface area contributed by atoms with E-state index < -0.39 is 12.0 Å². The molecule has 1 fully saturated rings. The molecule has 1 aromatic carbocycles. The first-order valence-electron chi connectivity index (χ1n) is 6.24. The lowest BCUT2D eigenvalue weighted by Crippen LogP contribution is -2.38. The van der Waals surface area contributed by atoms with Gasteiger partial charge in [0.15, 0.2) is 0 Å². The normalized spacial score (nSPS) is 16.5. The number of carboxylic acid groups (broad SMARTS) is 1. The van der Waals surface area contributed by atoms with Crippen LogP contribution in [0.3, 0.4) is 0 Å². The summed E-state index contributed by atoms with van der Waals surface area (Å²) in [5, 5.41) is 12.3. The molecule has 1 aliphatic rings. The quantitative estimate of drug-likeness (QED) is 0.773. The molecule has 0 radical (unpaired) electrons. The number of hydrogen-bond donors (Lipinski definition) is 2. The summed E-state index contributed by atoms with van der Waals surface area (Å²) in [7, 11) is 1.66. The van der Waals surface area contributed by atoms with Crippen LogP contribution in [0.4, 0.5) is 0 Å². The minimum atomic E-state index is -0.748. The van der Waals surface area contributed by atoms with Crippen LogP contribution in [0.2, 0.25) is 0 Å². The molecule has 18 heavy (non-hydrogen) atoms. The van der Waals surface area contributed by atoms with Crippen molar-refractivity contribution in [3.05, 3.63) is 35.4 Å². The highest BCUT2D eigenvalue weighted by Gasteiger charge is 2.35. The van der Waals surface area contributed by atoms with Crippen LogP contribution in [0.1, 0.15) is 24.0 Å². The lowest BCUT2D eigenvalue weighted by molar-refractivity contribution is -0.140. The first-order chi connectivity index (χ1) is 8.72. The van der Waals surface area contributed by atoms with Crippen molar-refractivity contribution in [2.45, 2.75) is 32.0 Å². The number of carbonyl (C=O) groups is 1. The summed E-state index contributed by atoms with van der Waals surface area (Å²) < 4.78 is 5.14. The Kier molecular flexibility index (Phi) is 4.33. The smallest absolute Gasteiger partial charge is 0.320 e. The Morgan fingerprint density at radius 1 is 1.44 bits per heavy atom. The van der Waals surface area contributed by atoms with Crippen molar-refractivity contribution in [1.29, 1.82) is 0 Å². The van der Waals surface area contributed by atoms with E-state index in [4.69, 9.17) is 9.84 Å². The summed E-state index contributed by atoms with van der Waals surface area (Å²) in [5.41, 5.74) is 2.21. The second-order valence-corrected chi connectivity index (χ2v) is 4.74. The van der Waals surface area contributed by atoms with E-state index in [-0.39, 0.29) is 0 Å². The van der Waals surface area contributed by atoms with Gasteiger partial charge >= 0.3 is 5.97 Å². The molecule has 1 aliphatic carbocycles. The average Bonchev–Trinajstić information content (AvgIpc) is 3.16. The molecule has 1 aromatic rings. The number of rotatable bonds is 7. The van der Waals surface area contributed by atoms with Gasteiger partial charge in [0.1, 0.15) is 6.04 Å². The van der Waals surface area contributed by atoms with Gasteiger partial charge in [-0.05, 0) is 29.9 Å². The van der Waals surface area contributed by atoms with Crippen molar-refractivity contribution in [2.75, 3.05) is 7.11 Å². The minimum Gasteiger partial charge on any atom is -0.480 e. The summed E-state index contributed by atoms with van der Waals surface area (Å²) in [6, 6.07) is 7.53. The maximum atomic E-state index is 11.1. The van der Waals surface area contributed by atoms with Gasteiger partial charge in [-0.2, -0.15) is 0 Å². The number of carboxylic acids is 1. The number of aliphatic carboxylic acids is 1. The van der Waals surface area contributed by atoms with Crippen LogP contribution in [0.5, 0.6) is 0 Å². The zero-order valence-electron chi connectivity index (χ0n) is 10.6. The van der Waals surface area contributed by atoms with E-state index in [0.29, 0.717) is 19.1 Å². The molecule has 1 saturated carbocycles. The molecule has 0 bridgehead atoms. The zero-order chi connectivity index (χ0) is 13.0. The topological polar surface area (TPSA) is 58.6 Å². The molecule has 2 rings (SSSR count). The van der Waals surface area contributed by atoms with Crippen LogP contribution in [0.15, 0.2) is 24.3 Å². The van der Waals surface area contributed by atoms with Gasteiger partial charge in [-0.25, -0.2) is 0 Å². The molecular formula is C14H19NO3. The van der Waals surface area contributed by atoms with Gasteiger partial charge in [0, 0.05) is 13.7 Å². The highest BCUT2D eigenvalue weighted by molar-refractivity contribution is 5.74. The Bertz CT molecular complexity index is 415. The SMILES string of the molecule is COCc1ccccc1CNC(C(=O)O)C1CC1. The maximum Gasteiger partial charge on any atom is 0.320 e. The largest absolute Gasteiger partial charge is 0.480 e. The predicted molar refractivity (Wildman–Crippen MR) is 68.1 cm³/mol. The first kappa shape index (κ1) is 13.1. The second kappa shape index (κ2) is 5.98. The fourth-order valence-electron chi connectivity index (χ4n) is 2.13. The van der Waals surface area contributed by atoms with Crippen LogP contribution in [-0.4, -0.2) is 24.2 Å². The number of nitrogens with one attached hydrogen (secondary N) is 1. The fraction of sp³-hybridized carbons (Fsp3) is 0.500. The van der Waals surface area contributed by atoms with Gasteiger partial charge in [-0.15, -0.1) is 0 Å². The summed E-state index contributed by atoms with van der Waals surface area (Å²) in [6.45, 7) is 1.13. The summed E-state index contributed by atoms with van der Waals surface area (Å²) in [4.78, 5) is 11.1. The van der Waals surface area contributed by atoms with Crippen molar-refractivity contribution in [3.63, 3.8) is 0 Å². The standard InChI is InChI=1S/C14H19NO3/c1-18-9-12-5-3-2-4-11(12)8-15-13(14(16)17)10-6-7-10/h2-5,10,13,15H,6-9H2,1H3,(H,16,17). The molecule has 0 spiro atoms. The zero-order valence-corrected chi connectivity index (χ0v) is 10.6. The molecule has 0 aromatic heterocycles. The van der Waals surface area contributed by atoms with Gasteiger partial charge in [0.2, 0.25) is 0 Å². The van der Waals surface area contributed by atoms with Crippen molar-refractivity contribution in [3.8, 4) is 0 Å². The van der Waals surface area contributed by atoms with Crippen LogP contribution < -0.4 is 5.32 Å². The number of ether oxygens (including phenoxy) is 1. The van der Waals surface area contributed by atoms with E-state index in [1.54, 1.807) is 7.11 Å². The monoisotopic (exact) mass is 249 g/mol. The van der Waals surface area contributed by atoms with E-state index in [1.165, 1.54) is 0 Å². The van der Waals surface area contributed by atoms with Gasteiger partial charge < -0.3 is 15.2 Å². The molecular weight excluding hydrogens is 230 g/mol. The van der Waals surface area contributed by atoms with E-state index >= 15 is 0 Å². The van der Waals surface area contributed by atoms with E-state index in [0.717, 1.165) is 24.0 Å². The summed E-state index contributed by atoms with van der Waals surface area (Å²) in [6.07, 6.45) is 2.04. The van der Waals surface area contributed by atoms with Crippen molar-refractivity contribution in [2.24, 2.45) is 5.92 Å².